The second-order valence-electron chi connectivity index (χ2n) is 8.09. The summed E-state index contributed by atoms with van der Waals surface area (Å²) in [6.45, 7) is 2.23. The number of benzene rings is 2. The molecule has 2 bridgehead atoms. The van der Waals surface area contributed by atoms with Crippen LogP contribution in [0, 0.1) is 17.2 Å². The van der Waals surface area contributed by atoms with E-state index in [2.05, 4.69) is 19.1 Å². The largest absolute Gasteiger partial charge is 0.255 e. The van der Waals surface area contributed by atoms with Crippen molar-refractivity contribution in [3.63, 3.8) is 0 Å². The fraction of sp³-hybridized carbons (Fsp3) is 0.240. The summed E-state index contributed by atoms with van der Waals surface area (Å²) >= 11 is 6.26. The Hall–Kier alpha value is -2.96. The Morgan fingerprint density at radius 3 is 2.79 bits per heavy atom. The summed E-state index contributed by atoms with van der Waals surface area (Å²) in [4.78, 5) is 9.96. The molecule has 0 saturated carbocycles. The third-order valence-electron chi connectivity index (χ3n) is 5.96. The number of rotatable bonds is 2. The predicted molar refractivity (Wildman–Crippen MR) is 118 cm³/mol. The number of fused-ring (bicyclic) bond motifs is 5. The summed E-state index contributed by atoms with van der Waals surface area (Å²) in [7, 11) is 0. The van der Waals surface area contributed by atoms with Crippen LogP contribution in [0.3, 0.4) is 0 Å². The van der Waals surface area contributed by atoms with Gasteiger partial charge >= 0.3 is 0 Å². The van der Waals surface area contributed by atoms with E-state index in [1.807, 2.05) is 48.7 Å². The fourth-order valence-corrected chi connectivity index (χ4v) is 4.94. The molecule has 2 aliphatic rings. The summed E-state index contributed by atoms with van der Waals surface area (Å²) in [6, 6.07) is 15.5. The number of aliphatic imine (C=N–C) groups is 1. The van der Waals surface area contributed by atoms with Crippen LogP contribution in [0.25, 0.3) is 10.9 Å². The molecular formula is C25H20ClN3. The minimum atomic E-state index is 0.467. The summed E-state index contributed by atoms with van der Waals surface area (Å²) in [5, 5.41) is 10.7. The standard InChI is InChI=1S/C25H20ClN3/c1-15-8-18-10-19(9-15)24-23(11-18)29-22-12-20(26)6-7-21(22)25(24)28-14-17-4-2-16(13-27)3-5-17/h2-8,12,14,18-19H,9-11H2,1H3. The first-order chi connectivity index (χ1) is 14.1. The van der Waals surface area contributed by atoms with Gasteiger partial charge < -0.3 is 0 Å². The number of aromatic nitrogens is 1. The van der Waals surface area contributed by atoms with Crippen LogP contribution in [0.15, 0.2) is 59.1 Å². The van der Waals surface area contributed by atoms with Gasteiger partial charge in [-0.15, -0.1) is 0 Å². The molecule has 1 aromatic heterocycles. The van der Waals surface area contributed by atoms with E-state index in [1.165, 1.54) is 17.6 Å². The van der Waals surface area contributed by atoms with Crippen LogP contribution in [-0.4, -0.2) is 11.2 Å². The van der Waals surface area contributed by atoms with Gasteiger partial charge in [0.2, 0.25) is 0 Å². The number of hydrogen-bond acceptors (Lipinski definition) is 3. The van der Waals surface area contributed by atoms with E-state index in [0.717, 1.165) is 40.7 Å². The van der Waals surface area contributed by atoms with Gasteiger partial charge in [-0.2, -0.15) is 5.26 Å². The topological polar surface area (TPSA) is 49.0 Å². The van der Waals surface area contributed by atoms with Crippen LogP contribution in [-0.2, 0) is 6.42 Å². The summed E-state index contributed by atoms with van der Waals surface area (Å²) in [5.74, 6) is 1.04. The molecule has 0 radical (unpaired) electrons. The van der Waals surface area contributed by atoms with E-state index in [-0.39, 0.29) is 0 Å². The molecule has 0 saturated heterocycles. The van der Waals surface area contributed by atoms with Crippen molar-refractivity contribution < 1.29 is 0 Å². The van der Waals surface area contributed by atoms with Crippen LogP contribution in [0.2, 0.25) is 5.02 Å². The minimum Gasteiger partial charge on any atom is -0.255 e. The molecular weight excluding hydrogens is 378 g/mol. The Kier molecular flexibility index (Phi) is 4.45. The monoisotopic (exact) mass is 397 g/mol. The lowest BCUT2D eigenvalue weighted by atomic mass is 9.71. The molecule has 0 aliphatic heterocycles. The molecule has 2 unspecified atom stereocenters. The highest BCUT2D eigenvalue weighted by atomic mass is 35.5. The maximum Gasteiger partial charge on any atom is 0.0991 e. The Morgan fingerprint density at radius 2 is 2.00 bits per heavy atom. The highest BCUT2D eigenvalue weighted by Gasteiger charge is 2.33. The highest BCUT2D eigenvalue weighted by molar-refractivity contribution is 6.31. The van der Waals surface area contributed by atoms with Gasteiger partial charge in [-0.05, 0) is 73.9 Å². The van der Waals surface area contributed by atoms with Gasteiger partial charge in [-0.3, -0.25) is 9.98 Å². The molecule has 1 heterocycles. The van der Waals surface area contributed by atoms with E-state index < -0.39 is 0 Å². The van der Waals surface area contributed by atoms with Crippen LogP contribution in [0.5, 0.6) is 0 Å². The van der Waals surface area contributed by atoms with Crippen molar-refractivity contribution >= 4 is 34.4 Å². The molecule has 2 atom stereocenters. The molecule has 0 amide bonds. The highest BCUT2D eigenvalue weighted by Crippen LogP contribution is 2.48. The first-order valence-corrected chi connectivity index (χ1v) is 10.3. The second-order valence-corrected chi connectivity index (χ2v) is 8.52. The zero-order valence-corrected chi connectivity index (χ0v) is 16.9. The molecule has 0 spiro atoms. The van der Waals surface area contributed by atoms with Crippen LogP contribution < -0.4 is 0 Å². The molecule has 4 heteroatoms. The molecule has 29 heavy (non-hydrogen) atoms. The van der Waals surface area contributed by atoms with Crippen molar-refractivity contribution in [1.29, 1.82) is 5.26 Å². The van der Waals surface area contributed by atoms with E-state index in [0.29, 0.717) is 22.4 Å². The van der Waals surface area contributed by atoms with Crippen molar-refractivity contribution in [1.82, 2.24) is 4.98 Å². The van der Waals surface area contributed by atoms with Crippen molar-refractivity contribution in [3.05, 3.63) is 81.5 Å². The number of halogens is 1. The van der Waals surface area contributed by atoms with Gasteiger partial charge in [0.25, 0.3) is 0 Å². The average Bonchev–Trinajstić information content (AvgIpc) is 2.71. The number of nitriles is 1. The number of nitrogens with zero attached hydrogens (tertiary/aromatic N) is 3. The quantitative estimate of drug-likeness (QED) is 0.365. The first-order valence-electron chi connectivity index (χ1n) is 9.94. The predicted octanol–water partition coefficient (Wildman–Crippen LogP) is 6.51. The summed E-state index contributed by atoms with van der Waals surface area (Å²) in [6.07, 6.45) is 7.52. The molecule has 5 rings (SSSR count). The molecule has 0 N–H and O–H groups in total. The van der Waals surface area contributed by atoms with Gasteiger partial charge in [0, 0.05) is 27.9 Å². The zero-order valence-electron chi connectivity index (χ0n) is 16.2. The number of hydrogen-bond donors (Lipinski definition) is 0. The third-order valence-corrected chi connectivity index (χ3v) is 6.19. The van der Waals surface area contributed by atoms with Crippen LogP contribution in [0.1, 0.15) is 48.1 Å². The van der Waals surface area contributed by atoms with Crippen LogP contribution in [0.4, 0.5) is 5.69 Å². The van der Waals surface area contributed by atoms with Gasteiger partial charge in [0.15, 0.2) is 0 Å². The maximum absolute atomic E-state index is 9.01. The lowest BCUT2D eigenvalue weighted by molar-refractivity contribution is 0.433. The Bertz CT molecular complexity index is 1220. The SMILES string of the molecule is CC1=CC2Cc3nc4cc(Cl)ccc4c(N=Cc4ccc(C#N)cc4)c3C(C1)C2. The smallest absolute Gasteiger partial charge is 0.0991 e. The average molecular weight is 398 g/mol. The minimum absolute atomic E-state index is 0.467. The summed E-state index contributed by atoms with van der Waals surface area (Å²) < 4.78 is 0. The Labute approximate surface area is 175 Å². The molecule has 2 aromatic carbocycles. The van der Waals surface area contributed by atoms with Gasteiger partial charge in [-0.25, -0.2) is 0 Å². The molecule has 3 aromatic rings. The van der Waals surface area contributed by atoms with Gasteiger partial charge in [-0.1, -0.05) is 35.4 Å². The van der Waals surface area contributed by atoms with Crippen molar-refractivity contribution in [3.8, 4) is 6.07 Å². The van der Waals surface area contributed by atoms with E-state index in [9.17, 15) is 0 Å². The Morgan fingerprint density at radius 1 is 1.17 bits per heavy atom. The molecule has 2 aliphatic carbocycles. The maximum atomic E-state index is 9.01. The fourth-order valence-electron chi connectivity index (χ4n) is 4.78. The van der Waals surface area contributed by atoms with Gasteiger partial charge in [0.05, 0.1) is 22.8 Å². The lowest BCUT2D eigenvalue weighted by Crippen LogP contribution is -2.23. The number of pyridine rings is 1. The molecule has 142 valence electrons. The van der Waals surface area contributed by atoms with Crippen molar-refractivity contribution in [2.24, 2.45) is 10.9 Å². The van der Waals surface area contributed by atoms with Crippen molar-refractivity contribution in [2.75, 3.05) is 0 Å². The van der Waals surface area contributed by atoms with E-state index >= 15 is 0 Å². The molecule has 0 fully saturated rings. The van der Waals surface area contributed by atoms with Gasteiger partial charge in [0.1, 0.15) is 0 Å². The summed E-state index contributed by atoms with van der Waals surface area (Å²) in [5.41, 5.74) is 7.48. The van der Waals surface area contributed by atoms with Crippen LogP contribution >= 0.6 is 11.6 Å². The number of allylic oxidation sites excluding steroid dienone is 2. The lowest BCUT2D eigenvalue weighted by Gasteiger charge is -2.35. The first kappa shape index (κ1) is 18.1. The van der Waals surface area contributed by atoms with Crippen molar-refractivity contribution in [2.45, 2.75) is 32.1 Å². The zero-order chi connectivity index (χ0) is 20.0. The second kappa shape index (κ2) is 7.13. The van der Waals surface area contributed by atoms with E-state index in [1.54, 1.807) is 0 Å². The third kappa shape index (κ3) is 3.34. The molecule has 3 nitrogen and oxygen atoms in total. The Balaban J connectivity index is 1.67. The normalized spacial score (nSPS) is 20.4. The van der Waals surface area contributed by atoms with E-state index in [4.69, 9.17) is 26.8 Å².